The number of hydrogen-bond acceptors (Lipinski definition) is 2. The highest BCUT2D eigenvalue weighted by atomic mass is 32.1. The fourth-order valence-corrected chi connectivity index (χ4v) is 2.54. The van der Waals surface area contributed by atoms with E-state index in [9.17, 15) is 22.4 Å². The van der Waals surface area contributed by atoms with Crippen molar-refractivity contribution in [2.75, 3.05) is 0 Å². The maximum absolute atomic E-state index is 13.8. The number of amides is 1. The van der Waals surface area contributed by atoms with E-state index in [-0.39, 0.29) is 0 Å². The Hall–Kier alpha value is -1.89. The van der Waals surface area contributed by atoms with E-state index in [0.717, 1.165) is 17.0 Å². The molecule has 2 rings (SSSR count). The third-order valence-corrected chi connectivity index (χ3v) is 3.92. The minimum atomic E-state index is -4.83. The fourth-order valence-electron chi connectivity index (χ4n) is 1.81. The van der Waals surface area contributed by atoms with Gasteiger partial charge in [0.15, 0.2) is 0 Å². The van der Waals surface area contributed by atoms with Gasteiger partial charge in [0.2, 0.25) is 0 Å². The van der Waals surface area contributed by atoms with Crippen LogP contribution in [-0.4, -0.2) is 5.91 Å². The first-order valence-corrected chi connectivity index (χ1v) is 6.88. The van der Waals surface area contributed by atoms with Crippen LogP contribution in [0.15, 0.2) is 35.7 Å². The summed E-state index contributed by atoms with van der Waals surface area (Å²) in [5.74, 6) is -2.43. The molecule has 0 radical (unpaired) electrons. The Balaban J connectivity index is 2.24. The van der Waals surface area contributed by atoms with E-state index in [0.29, 0.717) is 6.07 Å². The van der Waals surface area contributed by atoms with Crippen molar-refractivity contribution in [3.63, 3.8) is 0 Å². The van der Waals surface area contributed by atoms with Gasteiger partial charge in [-0.1, -0.05) is 12.1 Å². The van der Waals surface area contributed by atoms with Gasteiger partial charge in [0.1, 0.15) is 5.82 Å². The zero-order chi connectivity index (χ0) is 15.6. The molecule has 0 fully saturated rings. The van der Waals surface area contributed by atoms with Gasteiger partial charge in [0.05, 0.1) is 17.2 Å². The van der Waals surface area contributed by atoms with Crippen molar-refractivity contribution in [2.24, 2.45) is 0 Å². The first-order valence-electron chi connectivity index (χ1n) is 6.00. The molecule has 7 heteroatoms. The number of carbonyl (C=O) groups is 1. The summed E-state index contributed by atoms with van der Waals surface area (Å²) in [7, 11) is 0. The highest BCUT2D eigenvalue weighted by molar-refractivity contribution is 7.10. The molecule has 0 bridgehead atoms. The number of thiophene rings is 1. The van der Waals surface area contributed by atoms with Gasteiger partial charge in [-0.3, -0.25) is 4.79 Å². The Bertz CT molecular complexity index is 637. The second kappa shape index (κ2) is 5.85. The van der Waals surface area contributed by atoms with E-state index in [1.165, 1.54) is 11.3 Å². The van der Waals surface area contributed by atoms with E-state index < -0.39 is 35.1 Å². The minimum Gasteiger partial charge on any atom is -0.345 e. The van der Waals surface area contributed by atoms with Crippen LogP contribution in [0.25, 0.3) is 0 Å². The molecule has 0 aliphatic carbocycles. The van der Waals surface area contributed by atoms with E-state index >= 15 is 0 Å². The number of carbonyl (C=O) groups excluding carboxylic acids is 1. The molecule has 21 heavy (non-hydrogen) atoms. The number of halogens is 4. The molecule has 1 heterocycles. The third kappa shape index (κ3) is 3.41. The van der Waals surface area contributed by atoms with Crippen molar-refractivity contribution in [3.8, 4) is 0 Å². The molecular formula is C14H11F4NOS. The van der Waals surface area contributed by atoms with Crippen molar-refractivity contribution >= 4 is 17.2 Å². The van der Waals surface area contributed by atoms with E-state index in [4.69, 9.17) is 0 Å². The summed E-state index contributed by atoms with van der Waals surface area (Å²) < 4.78 is 51.7. The summed E-state index contributed by atoms with van der Waals surface area (Å²) in [6.45, 7) is 1.68. The lowest BCUT2D eigenvalue weighted by atomic mass is 10.1. The highest BCUT2D eigenvalue weighted by Crippen LogP contribution is 2.32. The molecule has 0 aliphatic rings. The Morgan fingerprint density at radius 1 is 1.24 bits per heavy atom. The van der Waals surface area contributed by atoms with Crippen molar-refractivity contribution in [1.29, 1.82) is 0 Å². The van der Waals surface area contributed by atoms with Crippen LogP contribution < -0.4 is 5.32 Å². The van der Waals surface area contributed by atoms with Gasteiger partial charge in [0.25, 0.3) is 5.91 Å². The molecule has 2 aromatic rings. The number of nitrogens with one attached hydrogen (secondary N) is 1. The second-order valence-corrected chi connectivity index (χ2v) is 5.35. The van der Waals surface area contributed by atoms with E-state index in [2.05, 4.69) is 5.32 Å². The van der Waals surface area contributed by atoms with Crippen LogP contribution in [-0.2, 0) is 6.18 Å². The molecule has 0 spiro atoms. The van der Waals surface area contributed by atoms with Crippen LogP contribution in [0, 0.1) is 5.82 Å². The SMILES string of the molecule is CC(NC(=O)c1cccc(C(F)(F)F)c1F)c1cccs1. The van der Waals surface area contributed by atoms with Crippen LogP contribution in [0.2, 0.25) is 0 Å². The zero-order valence-electron chi connectivity index (χ0n) is 10.9. The molecule has 1 aromatic carbocycles. The van der Waals surface area contributed by atoms with Gasteiger partial charge < -0.3 is 5.32 Å². The zero-order valence-corrected chi connectivity index (χ0v) is 11.7. The third-order valence-electron chi connectivity index (χ3n) is 2.87. The molecule has 0 saturated carbocycles. The summed E-state index contributed by atoms with van der Waals surface area (Å²) in [6.07, 6.45) is -4.83. The van der Waals surface area contributed by atoms with Crippen LogP contribution >= 0.6 is 11.3 Å². The molecule has 112 valence electrons. The quantitative estimate of drug-likeness (QED) is 0.836. The summed E-state index contributed by atoms with van der Waals surface area (Å²) >= 11 is 1.39. The van der Waals surface area contributed by atoms with E-state index in [1.807, 2.05) is 5.38 Å². The van der Waals surface area contributed by atoms with Crippen LogP contribution in [0.1, 0.15) is 33.8 Å². The molecule has 1 aromatic heterocycles. The average molecular weight is 317 g/mol. The molecule has 0 aliphatic heterocycles. The maximum atomic E-state index is 13.8. The van der Waals surface area contributed by atoms with Crippen LogP contribution in [0.5, 0.6) is 0 Å². The lowest BCUT2D eigenvalue weighted by Crippen LogP contribution is -2.27. The molecular weight excluding hydrogens is 306 g/mol. The van der Waals surface area contributed by atoms with Gasteiger partial charge in [-0.15, -0.1) is 11.3 Å². The van der Waals surface area contributed by atoms with Gasteiger partial charge in [-0.2, -0.15) is 13.2 Å². The minimum absolute atomic E-state index is 0.411. The van der Waals surface area contributed by atoms with Crippen LogP contribution in [0.4, 0.5) is 17.6 Å². The summed E-state index contributed by atoms with van der Waals surface area (Å²) in [6, 6.07) is 5.80. The Morgan fingerprint density at radius 3 is 2.52 bits per heavy atom. The standard InChI is InChI=1S/C14H11F4NOS/c1-8(11-6-3-7-21-11)19-13(20)9-4-2-5-10(12(9)15)14(16,17)18/h2-8H,1H3,(H,19,20). The largest absolute Gasteiger partial charge is 0.419 e. The predicted octanol–water partition coefficient (Wildman–Crippen LogP) is 4.40. The summed E-state index contributed by atoms with van der Waals surface area (Å²) in [5, 5.41) is 4.29. The Labute approximate surface area is 122 Å². The molecule has 1 unspecified atom stereocenters. The predicted molar refractivity (Wildman–Crippen MR) is 71.6 cm³/mol. The molecule has 1 amide bonds. The van der Waals surface area contributed by atoms with Gasteiger partial charge in [-0.05, 0) is 30.5 Å². The first kappa shape index (κ1) is 15.5. The second-order valence-electron chi connectivity index (χ2n) is 4.38. The Morgan fingerprint density at radius 2 is 1.95 bits per heavy atom. The van der Waals surface area contributed by atoms with Crippen molar-refractivity contribution in [2.45, 2.75) is 19.1 Å². The van der Waals surface area contributed by atoms with Gasteiger partial charge in [-0.25, -0.2) is 4.39 Å². The van der Waals surface area contributed by atoms with E-state index in [1.54, 1.807) is 19.1 Å². The monoisotopic (exact) mass is 317 g/mol. The summed E-state index contributed by atoms with van der Waals surface area (Å²) in [5.41, 5.74) is -2.06. The number of alkyl halides is 3. The normalized spacial score (nSPS) is 13.0. The van der Waals surface area contributed by atoms with Crippen molar-refractivity contribution < 1.29 is 22.4 Å². The Kier molecular flexibility index (Phi) is 4.32. The van der Waals surface area contributed by atoms with Crippen LogP contribution in [0.3, 0.4) is 0 Å². The average Bonchev–Trinajstić information content (AvgIpc) is 2.91. The highest BCUT2D eigenvalue weighted by Gasteiger charge is 2.35. The smallest absolute Gasteiger partial charge is 0.345 e. The summed E-state index contributed by atoms with van der Waals surface area (Å²) in [4.78, 5) is 12.8. The van der Waals surface area contributed by atoms with Crippen molar-refractivity contribution in [3.05, 3.63) is 57.5 Å². The lowest BCUT2D eigenvalue weighted by Gasteiger charge is -2.14. The topological polar surface area (TPSA) is 29.1 Å². The molecule has 2 nitrogen and oxygen atoms in total. The molecule has 0 saturated heterocycles. The van der Waals surface area contributed by atoms with Crippen molar-refractivity contribution in [1.82, 2.24) is 5.32 Å². The van der Waals surface area contributed by atoms with Gasteiger partial charge in [0, 0.05) is 4.88 Å². The molecule has 1 N–H and O–H groups in total. The van der Waals surface area contributed by atoms with Gasteiger partial charge >= 0.3 is 6.18 Å². The number of rotatable bonds is 3. The lowest BCUT2D eigenvalue weighted by molar-refractivity contribution is -0.140. The first-order chi connectivity index (χ1) is 9.80. The number of benzene rings is 1. The number of hydrogen-bond donors (Lipinski definition) is 1. The fraction of sp³-hybridized carbons (Fsp3) is 0.214. The molecule has 1 atom stereocenters. The maximum Gasteiger partial charge on any atom is 0.419 e.